The number of ether oxygens (including phenoxy) is 2. The molecule has 25 heavy (non-hydrogen) atoms. The molecule has 0 bridgehead atoms. The molecule has 1 amide bonds. The molecule has 1 atom stereocenters. The maximum Gasteiger partial charge on any atom is 0.241 e. The quantitative estimate of drug-likeness (QED) is 0.873. The second kappa shape index (κ2) is 7.53. The van der Waals surface area contributed by atoms with Crippen molar-refractivity contribution in [2.75, 3.05) is 18.7 Å². The lowest BCUT2D eigenvalue weighted by molar-refractivity contribution is -0.120. The number of hydrogen-bond donors (Lipinski definition) is 1. The Bertz CT molecular complexity index is 766. The van der Waals surface area contributed by atoms with Crippen molar-refractivity contribution in [3.05, 3.63) is 53.8 Å². The zero-order valence-corrected chi connectivity index (χ0v) is 14.3. The normalized spacial score (nSPS) is 13.8. The van der Waals surface area contributed by atoms with Gasteiger partial charge in [0.15, 0.2) is 11.5 Å². The van der Waals surface area contributed by atoms with Gasteiger partial charge in [0, 0.05) is 12.2 Å². The summed E-state index contributed by atoms with van der Waals surface area (Å²) in [6, 6.07) is 11.3. The summed E-state index contributed by atoms with van der Waals surface area (Å²) in [5.74, 6) is 0.917. The number of likely N-dealkylation sites (N-methyl/N-ethyl adjacent to an activating group) is 1. The SMILES string of the molecule is CCN(Cc1ccc2c(c1)OCO2)C(C)C(=O)Nc1cccc(F)c1. The molecule has 132 valence electrons. The van der Waals surface area contributed by atoms with Gasteiger partial charge < -0.3 is 14.8 Å². The molecule has 0 fully saturated rings. The Kier molecular flexibility index (Phi) is 5.19. The van der Waals surface area contributed by atoms with Gasteiger partial charge in [0.2, 0.25) is 12.7 Å². The number of hydrogen-bond acceptors (Lipinski definition) is 4. The smallest absolute Gasteiger partial charge is 0.241 e. The van der Waals surface area contributed by atoms with Crippen LogP contribution in [0.5, 0.6) is 11.5 Å². The molecule has 0 aliphatic carbocycles. The Morgan fingerprint density at radius 2 is 2.04 bits per heavy atom. The highest BCUT2D eigenvalue weighted by Gasteiger charge is 2.21. The van der Waals surface area contributed by atoms with Gasteiger partial charge in [-0.3, -0.25) is 9.69 Å². The summed E-state index contributed by atoms with van der Waals surface area (Å²) in [7, 11) is 0. The molecule has 0 saturated heterocycles. The Morgan fingerprint density at radius 1 is 1.24 bits per heavy atom. The number of halogens is 1. The van der Waals surface area contributed by atoms with Gasteiger partial charge in [-0.05, 0) is 49.4 Å². The fourth-order valence-electron chi connectivity index (χ4n) is 2.78. The van der Waals surface area contributed by atoms with E-state index in [1.165, 1.54) is 12.1 Å². The second-order valence-corrected chi connectivity index (χ2v) is 5.93. The van der Waals surface area contributed by atoms with Crippen LogP contribution in [0.4, 0.5) is 10.1 Å². The highest BCUT2D eigenvalue weighted by atomic mass is 19.1. The molecular weight excluding hydrogens is 323 g/mol. The molecule has 3 rings (SSSR count). The lowest BCUT2D eigenvalue weighted by Gasteiger charge is -2.27. The molecule has 0 radical (unpaired) electrons. The first-order valence-corrected chi connectivity index (χ1v) is 8.26. The molecule has 6 heteroatoms. The Balaban J connectivity index is 1.66. The van der Waals surface area contributed by atoms with Crippen molar-refractivity contribution < 1.29 is 18.7 Å². The molecular formula is C19H21FN2O3. The van der Waals surface area contributed by atoms with Crippen molar-refractivity contribution in [3.63, 3.8) is 0 Å². The summed E-state index contributed by atoms with van der Waals surface area (Å²) in [5, 5.41) is 2.76. The minimum absolute atomic E-state index is 0.173. The number of nitrogens with one attached hydrogen (secondary N) is 1. The van der Waals surface area contributed by atoms with Gasteiger partial charge in [-0.25, -0.2) is 4.39 Å². The highest BCUT2D eigenvalue weighted by molar-refractivity contribution is 5.94. The summed E-state index contributed by atoms with van der Waals surface area (Å²) in [5.41, 5.74) is 1.49. The molecule has 5 nitrogen and oxygen atoms in total. The molecule has 2 aromatic rings. The van der Waals surface area contributed by atoms with E-state index in [1.54, 1.807) is 12.1 Å². The third kappa shape index (κ3) is 4.09. The number of fused-ring (bicyclic) bond motifs is 1. The number of carbonyl (C=O) groups excluding carboxylic acids is 1. The van der Waals surface area contributed by atoms with E-state index < -0.39 is 0 Å². The van der Waals surface area contributed by atoms with Crippen LogP contribution in [0.3, 0.4) is 0 Å². The molecule has 0 spiro atoms. The van der Waals surface area contributed by atoms with Crippen molar-refractivity contribution >= 4 is 11.6 Å². The highest BCUT2D eigenvalue weighted by Crippen LogP contribution is 2.32. The van der Waals surface area contributed by atoms with Crippen LogP contribution in [0.1, 0.15) is 19.4 Å². The van der Waals surface area contributed by atoms with E-state index in [0.717, 1.165) is 17.1 Å². The number of carbonyl (C=O) groups is 1. The van der Waals surface area contributed by atoms with E-state index in [4.69, 9.17) is 9.47 Å². The van der Waals surface area contributed by atoms with E-state index >= 15 is 0 Å². The van der Waals surface area contributed by atoms with E-state index in [2.05, 4.69) is 5.32 Å². The van der Waals surface area contributed by atoms with Gasteiger partial charge in [-0.15, -0.1) is 0 Å². The molecule has 1 N–H and O–H groups in total. The zero-order chi connectivity index (χ0) is 17.8. The average Bonchev–Trinajstić information content (AvgIpc) is 3.06. The van der Waals surface area contributed by atoms with E-state index in [0.29, 0.717) is 18.8 Å². The predicted octanol–water partition coefficient (Wildman–Crippen LogP) is 3.40. The van der Waals surface area contributed by atoms with Crippen LogP contribution in [-0.2, 0) is 11.3 Å². The summed E-state index contributed by atoms with van der Waals surface area (Å²) in [6.45, 7) is 5.38. The first-order chi connectivity index (χ1) is 12.1. The summed E-state index contributed by atoms with van der Waals surface area (Å²) in [4.78, 5) is 14.5. The van der Waals surface area contributed by atoms with Crippen LogP contribution in [-0.4, -0.2) is 30.2 Å². The summed E-state index contributed by atoms with van der Waals surface area (Å²) in [6.07, 6.45) is 0. The maximum absolute atomic E-state index is 13.3. The summed E-state index contributed by atoms with van der Waals surface area (Å²) < 4.78 is 24.0. The van der Waals surface area contributed by atoms with Gasteiger partial charge >= 0.3 is 0 Å². The second-order valence-electron chi connectivity index (χ2n) is 5.93. The fraction of sp³-hybridized carbons (Fsp3) is 0.316. The molecule has 1 aliphatic heterocycles. The predicted molar refractivity (Wildman–Crippen MR) is 93.1 cm³/mol. The van der Waals surface area contributed by atoms with Gasteiger partial charge in [-0.1, -0.05) is 19.1 Å². The summed E-state index contributed by atoms with van der Waals surface area (Å²) >= 11 is 0. The Hall–Kier alpha value is -2.60. The number of benzene rings is 2. The van der Waals surface area contributed by atoms with Crippen molar-refractivity contribution in [3.8, 4) is 11.5 Å². The maximum atomic E-state index is 13.3. The van der Waals surface area contributed by atoms with Gasteiger partial charge in [0.25, 0.3) is 0 Å². The van der Waals surface area contributed by atoms with Crippen molar-refractivity contribution in [1.82, 2.24) is 4.90 Å². The minimum Gasteiger partial charge on any atom is -0.454 e. The van der Waals surface area contributed by atoms with Crippen molar-refractivity contribution in [2.45, 2.75) is 26.4 Å². The van der Waals surface area contributed by atoms with Gasteiger partial charge in [0.1, 0.15) is 5.82 Å². The van der Waals surface area contributed by atoms with Crippen molar-refractivity contribution in [2.24, 2.45) is 0 Å². The van der Waals surface area contributed by atoms with E-state index in [9.17, 15) is 9.18 Å². The number of rotatable bonds is 6. The van der Waals surface area contributed by atoms with Crippen LogP contribution in [0.2, 0.25) is 0 Å². The van der Waals surface area contributed by atoms with E-state index in [-0.39, 0.29) is 24.6 Å². The minimum atomic E-state index is -0.377. The molecule has 1 aliphatic rings. The van der Waals surface area contributed by atoms with E-state index in [1.807, 2.05) is 36.9 Å². The number of amides is 1. The average molecular weight is 344 g/mol. The first kappa shape index (κ1) is 17.2. The molecule has 1 unspecified atom stereocenters. The topological polar surface area (TPSA) is 50.8 Å². The number of nitrogens with zero attached hydrogens (tertiary/aromatic N) is 1. The fourth-order valence-corrected chi connectivity index (χ4v) is 2.78. The largest absolute Gasteiger partial charge is 0.454 e. The lowest BCUT2D eigenvalue weighted by Crippen LogP contribution is -2.41. The van der Waals surface area contributed by atoms with Crippen LogP contribution in [0.25, 0.3) is 0 Å². The van der Waals surface area contributed by atoms with Crippen LogP contribution >= 0.6 is 0 Å². The lowest BCUT2D eigenvalue weighted by atomic mass is 10.1. The molecule has 0 aromatic heterocycles. The zero-order valence-electron chi connectivity index (χ0n) is 14.3. The molecule has 2 aromatic carbocycles. The third-order valence-corrected chi connectivity index (χ3v) is 4.25. The Morgan fingerprint density at radius 3 is 2.80 bits per heavy atom. The monoisotopic (exact) mass is 344 g/mol. The van der Waals surface area contributed by atoms with Crippen LogP contribution in [0, 0.1) is 5.82 Å². The third-order valence-electron chi connectivity index (χ3n) is 4.25. The first-order valence-electron chi connectivity index (χ1n) is 8.26. The molecule has 0 saturated carbocycles. The van der Waals surface area contributed by atoms with Crippen LogP contribution < -0.4 is 14.8 Å². The van der Waals surface area contributed by atoms with Crippen molar-refractivity contribution in [1.29, 1.82) is 0 Å². The molecule has 1 heterocycles. The standard InChI is InChI=1S/C19H21FN2O3/c1-3-22(11-14-7-8-17-18(9-14)25-12-24-17)13(2)19(23)21-16-6-4-5-15(20)10-16/h4-10,13H,3,11-12H2,1-2H3,(H,21,23). The van der Waals surface area contributed by atoms with Gasteiger partial charge in [0.05, 0.1) is 6.04 Å². The van der Waals surface area contributed by atoms with Crippen LogP contribution in [0.15, 0.2) is 42.5 Å². The van der Waals surface area contributed by atoms with Gasteiger partial charge in [-0.2, -0.15) is 0 Å². The Labute approximate surface area is 146 Å². The number of anilines is 1.